The number of nitrogens with zero attached hydrogens (tertiary/aromatic N) is 2. The molecule has 3 rings (SSSR count). The minimum atomic E-state index is -0.794. The van der Waals surface area contributed by atoms with E-state index in [0.29, 0.717) is 10.0 Å². The summed E-state index contributed by atoms with van der Waals surface area (Å²) in [4.78, 5) is 49.8. The Balaban J connectivity index is 2.00. The number of methoxy groups -OCH3 is 1. The monoisotopic (exact) mass is 338 g/mol. The van der Waals surface area contributed by atoms with E-state index in [0.717, 1.165) is 0 Å². The van der Waals surface area contributed by atoms with Gasteiger partial charge in [-0.05, 0) is 24.3 Å². The highest BCUT2D eigenvalue weighted by molar-refractivity contribution is 6.20. The molecule has 7 heteroatoms. The molecule has 0 bridgehead atoms. The van der Waals surface area contributed by atoms with Gasteiger partial charge >= 0.3 is 0 Å². The Kier molecular flexibility index (Phi) is 4.30. The number of hydrazine groups is 1. The van der Waals surface area contributed by atoms with Crippen molar-refractivity contribution in [1.29, 1.82) is 0 Å². The topological polar surface area (TPSA) is 84.0 Å². The van der Waals surface area contributed by atoms with Crippen molar-refractivity contribution in [2.24, 2.45) is 0 Å². The molecule has 0 aliphatic carbocycles. The van der Waals surface area contributed by atoms with Crippen LogP contribution >= 0.6 is 0 Å². The van der Waals surface area contributed by atoms with Crippen LogP contribution in [0.2, 0.25) is 0 Å². The molecule has 0 aromatic heterocycles. The summed E-state index contributed by atoms with van der Waals surface area (Å²) in [6.07, 6.45) is -0.542. The van der Waals surface area contributed by atoms with Gasteiger partial charge in [0, 0.05) is 5.56 Å². The fourth-order valence-corrected chi connectivity index (χ4v) is 2.55. The third-order valence-corrected chi connectivity index (χ3v) is 3.72. The lowest BCUT2D eigenvalue weighted by Gasteiger charge is -2.24. The molecule has 2 aromatic rings. The first-order valence-corrected chi connectivity index (χ1v) is 7.47. The van der Waals surface area contributed by atoms with Crippen LogP contribution in [0.3, 0.4) is 0 Å². The first-order valence-electron chi connectivity index (χ1n) is 7.47. The number of carbonyl (C=O) groups is 4. The van der Waals surface area contributed by atoms with Gasteiger partial charge in [0.15, 0.2) is 0 Å². The van der Waals surface area contributed by atoms with Crippen LogP contribution in [0, 0.1) is 0 Å². The maximum absolute atomic E-state index is 12.8. The van der Waals surface area contributed by atoms with Crippen molar-refractivity contribution in [3.63, 3.8) is 0 Å². The van der Waals surface area contributed by atoms with Crippen molar-refractivity contribution in [3.05, 3.63) is 65.7 Å². The summed E-state index contributed by atoms with van der Waals surface area (Å²) in [6, 6.07) is 14.3. The summed E-state index contributed by atoms with van der Waals surface area (Å²) in [6.45, 7) is 0. The summed E-state index contributed by atoms with van der Waals surface area (Å²) >= 11 is 0. The first kappa shape index (κ1) is 16.4. The number of rotatable bonds is 3. The fourth-order valence-electron chi connectivity index (χ4n) is 2.55. The van der Waals surface area contributed by atoms with Crippen LogP contribution in [-0.2, 0) is 9.59 Å². The summed E-state index contributed by atoms with van der Waals surface area (Å²) in [5, 5.41) is 1.17. The molecular weight excluding hydrogens is 324 g/mol. The molecule has 7 nitrogen and oxygen atoms in total. The Hall–Kier alpha value is -3.48. The van der Waals surface area contributed by atoms with Gasteiger partial charge in [-0.25, -0.2) is 0 Å². The molecule has 1 saturated heterocycles. The van der Waals surface area contributed by atoms with Crippen molar-refractivity contribution in [2.45, 2.75) is 6.42 Å². The van der Waals surface area contributed by atoms with Crippen LogP contribution in [-0.4, -0.2) is 40.8 Å². The normalized spacial score (nSPS) is 14.0. The maximum atomic E-state index is 12.8. The zero-order valence-electron chi connectivity index (χ0n) is 13.3. The highest BCUT2D eigenvalue weighted by atomic mass is 16.5. The predicted octanol–water partition coefficient (Wildman–Crippen LogP) is 1.65. The van der Waals surface area contributed by atoms with Crippen LogP contribution in [0.4, 0.5) is 0 Å². The highest BCUT2D eigenvalue weighted by Crippen LogP contribution is 2.25. The summed E-state index contributed by atoms with van der Waals surface area (Å²) < 4.78 is 5.12. The van der Waals surface area contributed by atoms with Crippen molar-refractivity contribution in [3.8, 4) is 5.75 Å². The Morgan fingerprint density at radius 3 is 2.04 bits per heavy atom. The lowest BCUT2D eigenvalue weighted by molar-refractivity contribution is -0.136. The van der Waals surface area contributed by atoms with Crippen LogP contribution in [0.5, 0.6) is 5.75 Å². The molecular formula is C18H14N2O5. The number of ether oxygens (including phenoxy) is 1. The van der Waals surface area contributed by atoms with Crippen LogP contribution in [0.25, 0.3) is 0 Å². The van der Waals surface area contributed by atoms with Crippen LogP contribution < -0.4 is 4.74 Å². The number of carbonyl (C=O) groups excluding carboxylic acids is 4. The van der Waals surface area contributed by atoms with E-state index in [4.69, 9.17) is 4.74 Å². The molecule has 1 fully saturated rings. The zero-order valence-corrected chi connectivity index (χ0v) is 13.3. The average Bonchev–Trinajstić information content (AvgIpc) is 2.95. The minimum Gasteiger partial charge on any atom is -0.496 e. The number of benzene rings is 2. The largest absolute Gasteiger partial charge is 0.496 e. The first-order chi connectivity index (χ1) is 12.0. The molecule has 4 amide bonds. The van der Waals surface area contributed by atoms with E-state index in [1.807, 2.05) is 0 Å². The van der Waals surface area contributed by atoms with E-state index in [2.05, 4.69) is 0 Å². The van der Waals surface area contributed by atoms with Crippen LogP contribution in [0.15, 0.2) is 54.6 Å². The van der Waals surface area contributed by atoms with E-state index >= 15 is 0 Å². The predicted molar refractivity (Wildman–Crippen MR) is 86.4 cm³/mol. The lowest BCUT2D eigenvalue weighted by Crippen LogP contribution is -2.48. The Labute approximate surface area is 143 Å². The van der Waals surface area contributed by atoms with E-state index < -0.39 is 30.0 Å². The van der Waals surface area contributed by atoms with Crippen molar-refractivity contribution >= 4 is 23.6 Å². The number of hydrogen-bond donors (Lipinski definition) is 0. The Morgan fingerprint density at radius 2 is 1.40 bits per heavy atom. The van der Waals surface area contributed by atoms with Gasteiger partial charge in [0.25, 0.3) is 23.6 Å². The second-order valence-corrected chi connectivity index (χ2v) is 5.26. The fraction of sp³-hybridized carbons (Fsp3) is 0.111. The molecule has 0 saturated carbocycles. The SMILES string of the molecule is COc1ccccc1C(=O)N1C(=O)CC(=O)N1C(=O)c1ccccc1. The van der Waals surface area contributed by atoms with Gasteiger partial charge in [0.2, 0.25) is 0 Å². The van der Waals surface area contributed by atoms with Gasteiger partial charge in [-0.3, -0.25) is 19.2 Å². The van der Waals surface area contributed by atoms with Gasteiger partial charge in [0.05, 0.1) is 12.7 Å². The number of amides is 4. The van der Waals surface area contributed by atoms with Crippen molar-refractivity contribution in [1.82, 2.24) is 10.0 Å². The van der Waals surface area contributed by atoms with Gasteiger partial charge in [-0.15, -0.1) is 0 Å². The Bertz CT molecular complexity index is 863. The molecule has 2 aromatic carbocycles. The minimum absolute atomic E-state index is 0.0823. The molecule has 0 unspecified atom stereocenters. The Morgan fingerprint density at radius 1 is 0.840 bits per heavy atom. The summed E-state index contributed by atoms with van der Waals surface area (Å²) in [7, 11) is 1.38. The van der Waals surface area contributed by atoms with E-state index in [1.165, 1.54) is 25.3 Å². The molecule has 1 aliphatic heterocycles. The summed E-state index contributed by atoms with van der Waals surface area (Å²) in [5.41, 5.74) is 0.280. The van der Waals surface area contributed by atoms with Gasteiger partial charge in [0.1, 0.15) is 12.2 Å². The van der Waals surface area contributed by atoms with E-state index in [9.17, 15) is 19.2 Å². The number of imide groups is 2. The second kappa shape index (κ2) is 6.56. The molecule has 1 aliphatic rings. The maximum Gasteiger partial charge on any atom is 0.283 e. The van der Waals surface area contributed by atoms with E-state index in [1.54, 1.807) is 36.4 Å². The standard InChI is InChI=1S/C18H14N2O5/c1-25-14-10-6-5-9-13(14)18(24)20-16(22)11-15(21)19(20)17(23)12-7-3-2-4-8-12/h2-10H,11H2,1H3. The van der Waals surface area contributed by atoms with E-state index in [-0.39, 0.29) is 16.9 Å². The molecule has 0 spiro atoms. The molecule has 0 N–H and O–H groups in total. The molecule has 0 radical (unpaired) electrons. The van der Waals surface area contributed by atoms with Gasteiger partial charge in [-0.2, -0.15) is 10.0 Å². The van der Waals surface area contributed by atoms with Gasteiger partial charge < -0.3 is 4.74 Å². The number of hydrogen-bond acceptors (Lipinski definition) is 5. The van der Waals surface area contributed by atoms with Crippen LogP contribution in [0.1, 0.15) is 27.1 Å². The highest BCUT2D eigenvalue weighted by Gasteiger charge is 2.45. The van der Waals surface area contributed by atoms with Crippen molar-refractivity contribution < 1.29 is 23.9 Å². The van der Waals surface area contributed by atoms with Crippen molar-refractivity contribution in [2.75, 3.05) is 7.11 Å². The quantitative estimate of drug-likeness (QED) is 0.628. The summed E-state index contributed by atoms with van der Waals surface area (Å²) in [5.74, 6) is -2.80. The van der Waals surface area contributed by atoms with Gasteiger partial charge in [-0.1, -0.05) is 30.3 Å². The zero-order chi connectivity index (χ0) is 18.0. The molecule has 0 atom stereocenters. The third kappa shape index (κ3) is 2.87. The molecule has 25 heavy (non-hydrogen) atoms. The smallest absolute Gasteiger partial charge is 0.283 e. The number of para-hydroxylation sites is 1. The molecule has 1 heterocycles. The third-order valence-electron chi connectivity index (χ3n) is 3.72. The molecule has 126 valence electrons. The lowest BCUT2D eigenvalue weighted by atomic mass is 10.2. The second-order valence-electron chi connectivity index (χ2n) is 5.26. The average molecular weight is 338 g/mol.